The number of nitrogens with zero attached hydrogens (tertiary/aromatic N) is 3. The SMILES string of the molecule is O=S(=O)(c1ccc(F)c(F)c1)N1CCCC[C@H]1c1nnc(-c2ccsc2)o1. The Morgan fingerprint density at radius 2 is 2.00 bits per heavy atom. The van der Waals surface area contributed by atoms with Crippen LogP contribution in [0.3, 0.4) is 0 Å². The van der Waals surface area contributed by atoms with E-state index in [1.165, 1.54) is 15.6 Å². The summed E-state index contributed by atoms with van der Waals surface area (Å²) < 4.78 is 59.7. The molecule has 1 aliphatic heterocycles. The van der Waals surface area contributed by atoms with E-state index in [1.807, 2.05) is 16.8 Å². The van der Waals surface area contributed by atoms with Crippen molar-refractivity contribution in [3.05, 3.63) is 52.6 Å². The minimum absolute atomic E-state index is 0.196. The van der Waals surface area contributed by atoms with E-state index in [-0.39, 0.29) is 17.3 Å². The first-order chi connectivity index (χ1) is 13.0. The van der Waals surface area contributed by atoms with E-state index in [2.05, 4.69) is 10.2 Å². The van der Waals surface area contributed by atoms with Crippen molar-refractivity contribution >= 4 is 21.4 Å². The van der Waals surface area contributed by atoms with Gasteiger partial charge in [-0.05, 0) is 42.5 Å². The van der Waals surface area contributed by atoms with Crippen molar-refractivity contribution in [2.75, 3.05) is 6.54 Å². The van der Waals surface area contributed by atoms with Crippen molar-refractivity contribution in [3.8, 4) is 11.5 Å². The van der Waals surface area contributed by atoms with E-state index in [4.69, 9.17) is 4.42 Å². The molecule has 0 amide bonds. The number of halogens is 2. The fourth-order valence-electron chi connectivity index (χ4n) is 3.08. The number of hydrogen-bond acceptors (Lipinski definition) is 6. The molecule has 3 heterocycles. The summed E-state index contributed by atoms with van der Waals surface area (Å²) in [4.78, 5) is -0.300. The van der Waals surface area contributed by atoms with E-state index < -0.39 is 27.7 Å². The summed E-state index contributed by atoms with van der Waals surface area (Å²) in [6.45, 7) is 0.238. The van der Waals surface area contributed by atoms with Gasteiger partial charge in [-0.15, -0.1) is 10.2 Å². The highest BCUT2D eigenvalue weighted by molar-refractivity contribution is 7.89. The highest BCUT2D eigenvalue weighted by Gasteiger charge is 2.37. The average molecular weight is 411 g/mol. The molecule has 0 spiro atoms. The first-order valence-electron chi connectivity index (χ1n) is 8.29. The van der Waals surface area contributed by atoms with Gasteiger partial charge in [0, 0.05) is 17.5 Å². The fraction of sp³-hybridized carbons (Fsp3) is 0.294. The van der Waals surface area contributed by atoms with Gasteiger partial charge in [0.05, 0.1) is 4.90 Å². The zero-order valence-electron chi connectivity index (χ0n) is 14.0. The molecule has 0 aliphatic carbocycles. The first-order valence-corrected chi connectivity index (χ1v) is 10.7. The zero-order valence-corrected chi connectivity index (χ0v) is 15.6. The monoisotopic (exact) mass is 411 g/mol. The van der Waals surface area contributed by atoms with Crippen LogP contribution in [0.5, 0.6) is 0 Å². The van der Waals surface area contributed by atoms with Gasteiger partial charge in [0.2, 0.25) is 21.8 Å². The lowest BCUT2D eigenvalue weighted by atomic mass is 10.1. The largest absolute Gasteiger partial charge is 0.419 e. The highest BCUT2D eigenvalue weighted by Crippen LogP contribution is 2.36. The molecule has 1 aromatic carbocycles. The molecule has 1 saturated heterocycles. The second kappa shape index (κ2) is 7.10. The Balaban J connectivity index is 1.69. The predicted octanol–water partition coefficient (Wildman–Crippen LogP) is 3.99. The molecule has 1 aliphatic rings. The molecule has 1 atom stereocenters. The summed E-state index contributed by atoms with van der Waals surface area (Å²) in [6, 6.07) is 3.75. The van der Waals surface area contributed by atoms with Crippen LogP contribution in [-0.2, 0) is 10.0 Å². The van der Waals surface area contributed by atoms with Crippen LogP contribution in [0.1, 0.15) is 31.2 Å². The molecule has 4 rings (SSSR count). The topological polar surface area (TPSA) is 76.3 Å². The van der Waals surface area contributed by atoms with Crippen LogP contribution < -0.4 is 0 Å². The van der Waals surface area contributed by atoms with Crippen LogP contribution in [0.25, 0.3) is 11.5 Å². The molecule has 0 bridgehead atoms. The van der Waals surface area contributed by atoms with E-state index in [1.54, 1.807) is 0 Å². The molecular formula is C17H15F2N3O3S2. The number of hydrogen-bond donors (Lipinski definition) is 0. The lowest BCUT2D eigenvalue weighted by Gasteiger charge is -2.32. The Bertz CT molecular complexity index is 1050. The van der Waals surface area contributed by atoms with Crippen LogP contribution in [0.4, 0.5) is 8.78 Å². The average Bonchev–Trinajstić information content (AvgIpc) is 3.35. The van der Waals surface area contributed by atoms with Crippen molar-refractivity contribution in [2.24, 2.45) is 0 Å². The number of benzene rings is 1. The quantitative estimate of drug-likeness (QED) is 0.649. The summed E-state index contributed by atoms with van der Waals surface area (Å²) in [5.41, 5.74) is 0.768. The molecule has 142 valence electrons. The number of thiophene rings is 1. The van der Waals surface area contributed by atoms with Crippen molar-refractivity contribution < 1.29 is 21.6 Å². The Morgan fingerprint density at radius 1 is 1.15 bits per heavy atom. The minimum Gasteiger partial charge on any atom is -0.419 e. The molecule has 0 radical (unpaired) electrons. The second-order valence-corrected chi connectivity index (χ2v) is 8.83. The van der Waals surface area contributed by atoms with Gasteiger partial charge in [-0.1, -0.05) is 6.42 Å². The van der Waals surface area contributed by atoms with Crippen molar-refractivity contribution in [3.63, 3.8) is 0 Å². The van der Waals surface area contributed by atoms with E-state index in [9.17, 15) is 17.2 Å². The number of aromatic nitrogens is 2. The minimum atomic E-state index is -4.04. The number of sulfonamides is 1. The van der Waals surface area contributed by atoms with Gasteiger partial charge in [0.1, 0.15) is 6.04 Å². The maximum atomic E-state index is 13.6. The summed E-state index contributed by atoms with van der Waals surface area (Å²) in [6.07, 6.45) is 1.96. The molecular weight excluding hydrogens is 396 g/mol. The summed E-state index contributed by atoms with van der Waals surface area (Å²) in [5.74, 6) is -1.78. The Labute approximate surface area is 158 Å². The highest BCUT2D eigenvalue weighted by atomic mass is 32.2. The molecule has 0 N–H and O–H groups in total. The molecule has 0 unspecified atom stereocenters. The van der Waals surface area contributed by atoms with E-state index in [0.29, 0.717) is 24.8 Å². The van der Waals surface area contributed by atoms with Gasteiger partial charge < -0.3 is 4.42 Å². The molecule has 10 heteroatoms. The van der Waals surface area contributed by atoms with Gasteiger partial charge in [0.25, 0.3) is 0 Å². The lowest BCUT2D eigenvalue weighted by Crippen LogP contribution is -2.38. The summed E-state index contributed by atoms with van der Waals surface area (Å²) in [7, 11) is -4.04. The standard InChI is InChI=1S/C17H15F2N3O3S2/c18-13-5-4-12(9-14(13)19)27(23,24)22-7-2-1-3-15(22)17-21-20-16(25-17)11-6-8-26-10-11/h4-6,8-10,15H,1-3,7H2/t15-/m0/s1. The van der Waals surface area contributed by atoms with E-state index in [0.717, 1.165) is 24.1 Å². The van der Waals surface area contributed by atoms with E-state index >= 15 is 0 Å². The molecule has 6 nitrogen and oxygen atoms in total. The third kappa shape index (κ3) is 3.40. The van der Waals surface area contributed by atoms with Gasteiger partial charge in [0.15, 0.2) is 11.6 Å². The Kier molecular flexibility index (Phi) is 4.79. The normalized spacial score (nSPS) is 18.7. The molecule has 2 aromatic heterocycles. The predicted molar refractivity (Wildman–Crippen MR) is 94.5 cm³/mol. The smallest absolute Gasteiger partial charge is 0.248 e. The molecule has 0 saturated carbocycles. The molecule has 3 aromatic rings. The zero-order chi connectivity index (χ0) is 19.0. The van der Waals surface area contributed by atoms with Crippen LogP contribution in [0.2, 0.25) is 0 Å². The fourth-order valence-corrected chi connectivity index (χ4v) is 5.38. The molecule has 1 fully saturated rings. The van der Waals surface area contributed by atoms with Crippen molar-refractivity contribution in [2.45, 2.75) is 30.2 Å². The van der Waals surface area contributed by atoms with Crippen LogP contribution in [0, 0.1) is 11.6 Å². The first kappa shape index (κ1) is 18.2. The van der Waals surface area contributed by atoms with Gasteiger partial charge in [-0.2, -0.15) is 15.6 Å². The third-order valence-corrected chi connectivity index (χ3v) is 7.03. The van der Waals surface area contributed by atoms with Crippen LogP contribution in [-0.4, -0.2) is 29.5 Å². The van der Waals surface area contributed by atoms with Crippen LogP contribution >= 0.6 is 11.3 Å². The van der Waals surface area contributed by atoms with Crippen molar-refractivity contribution in [1.82, 2.24) is 14.5 Å². The van der Waals surface area contributed by atoms with Gasteiger partial charge in [-0.25, -0.2) is 17.2 Å². The van der Waals surface area contributed by atoms with Gasteiger partial charge >= 0.3 is 0 Å². The van der Waals surface area contributed by atoms with Gasteiger partial charge in [-0.3, -0.25) is 0 Å². The molecule has 27 heavy (non-hydrogen) atoms. The number of rotatable bonds is 4. The summed E-state index contributed by atoms with van der Waals surface area (Å²) in [5, 5.41) is 11.8. The maximum Gasteiger partial charge on any atom is 0.248 e. The third-order valence-electron chi connectivity index (χ3n) is 4.45. The van der Waals surface area contributed by atoms with Crippen LogP contribution in [0.15, 0.2) is 44.3 Å². The number of piperidine rings is 1. The Morgan fingerprint density at radius 3 is 2.74 bits per heavy atom. The second-order valence-electron chi connectivity index (χ2n) is 6.16. The lowest BCUT2D eigenvalue weighted by molar-refractivity contribution is 0.220. The Hall–Kier alpha value is -2.17. The maximum absolute atomic E-state index is 13.6. The van der Waals surface area contributed by atoms with Crippen molar-refractivity contribution in [1.29, 1.82) is 0 Å². The summed E-state index contributed by atoms with van der Waals surface area (Å²) >= 11 is 1.48.